The molecule has 5 nitrogen and oxygen atoms in total. The number of rotatable bonds is 3. The molecule has 1 fully saturated rings. The lowest BCUT2D eigenvalue weighted by atomic mass is 10.3. The third-order valence-corrected chi connectivity index (χ3v) is 3.94. The van der Waals surface area contributed by atoms with Gasteiger partial charge in [-0.3, -0.25) is 4.99 Å². The Morgan fingerprint density at radius 1 is 1.47 bits per heavy atom. The van der Waals surface area contributed by atoms with Crippen LogP contribution in [-0.4, -0.2) is 25.6 Å². The molecule has 0 bridgehead atoms. The standard InChI is InChI=1S/C13H18BrN5/c1-2-7-19-8-15-11(16-9-5-3-4-6-9)10-12(19)18-13(14)17-10/h8-9H,2-7H2,1H3,(H,17,18). The number of fused-ring (bicyclic) bond motifs is 1. The van der Waals surface area contributed by atoms with E-state index >= 15 is 0 Å². The van der Waals surface area contributed by atoms with Crippen molar-refractivity contribution in [1.82, 2.24) is 19.5 Å². The van der Waals surface area contributed by atoms with E-state index in [-0.39, 0.29) is 0 Å². The minimum absolute atomic E-state index is 0.430. The molecule has 19 heavy (non-hydrogen) atoms. The molecule has 0 aromatic carbocycles. The minimum atomic E-state index is 0.430. The Hall–Kier alpha value is -1.17. The molecule has 1 aliphatic rings. The minimum Gasteiger partial charge on any atom is -0.328 e. The molecular formula is C13H18BrN5. The number of aromatic nitrogens is 4. The lowest BCUT2D eigenvalue weighted by Crippen LogP contribution is -2.17. The molecule has 0 radical (unpaired) electrons. The highest BCUT2D eigenvalue weighted by Gasteiger charge is 2.14. The number of imidazole rings is 1. The van der Waals surface area contributed by atoms with Gasteiger partial charge in [-0.25, -0.2) is 9.97 Å². The third kappa shape index (κ3) is 2.59. The van der Waals surface area contributed by atoms with Gasteiger partial charge in [0.15, 0.2) is 15.9 Å². The van der Waals surface area contributed by atoms with E-state index in [4.69, 9.17) is 4.99 Å². The van der Waals surface area contributed by atoms with Crippen LogP contribution in [0.5, 0.6) is 0 Å². The van der Waals surface area contributed by atoms with Crippen LogP contribution < -0.4 is 5.49 Å². The zero-order valence-corrected chi connectivity index (χ0v) is 12.7. The molecule has 0 saturated heterocycles. The van der Waals surface area contributed by atoms with Crippen LogP contribution in [0.4, 0.5) is 0 Å². The van der Waals surface area contributed by atoms with E-state index in [2.05, 4.69) is 42.4 Å². The van der Waals surface area contributed by atoms with Crippen LogP contribution in [0, 0.1) is 0 Å². The first-order valence-corrected chi connectivity index (χ1v) is 7.71. The molecule has 0 amide bonds. The van der Waals surface area contributed by atoms with Crippen LogP contribution in [0.25, 0.3) is 11.2 Å². The molecule has 0 atom stereocenters. The molecular weight excluding hydrogens is 306 g/mol. The Balaban J connectivity index is 2.12. The van der Waals surface area contributed by atoms with Gasteiger partial charge in [-0.1, -0.05) is 19.8 Å². The molecule has 3 rings (SSSR count). The molecule has 0 spiro atoms. The number of hydrogen-bond acceptors (Lipinski definition) is 3. The van der Waals surface area contributed by atoms with Crippen molar-refractivity contribution in [3.8, 4) is 0 Å². The van der Waals surface area contributed by atoms with Crippen LogP contribution in [0.15, 0.2) is 16.1 Å². The van der Waals surface area contributed by atoms with Crippen molar-refractivity contribution >= 4 is 27.1 Å². The van der Waals surface area contributed by atoms with Gasteiger partial charge in [-0.2, -0.15) is 0 Å². The van der Waals surface area contributed by atoms with Crippen LogP contribution in [0.3, 0.4) is 0 Å². The summed E-state index contributed by atoms with van der Waals surface area (Å²) in [6, 6.07) is 0.430. The smallest absolute Gasteiger partial charge is 0.177 e. The number of nitrogens with one attached hydrogen (secondary N) is 1. The predicted molar refractivity (Wildman–Crippen MR) is 77.7 cm³/mol. The Kier molecular flexibility index (Phi) is 3.68. The molecule has 2 heterocycles. The van der Waals surface area contributed by atoms with E-state index in [0.717, 1.165) is 34.4 Å². The van der Waals surface area contributed by atoms with Gasteiger partial charge in [-0.05, 0) is 35.2 Å². The summed E-state index contributed by atoms with van der Waals surface area (Å²) >= 11 is 3.41. The summed E-state index contributed by atoms with van der Waals surface area (Å²) in [6.45, 7) is 3.07. The highest BCUT2D eigenvalue weighted by Crippen LogP contribution is 2.20. The third-order valence-electron chi connectivity index (χ3n) is 3.56. The maximum Gasteiger partial charge on any atom is 0.177 e. The first-order valence-electron chi connectivity index (χ1n) is 6.92. The number of halogens is 1. The van der Waals surface area contributed by atoms with Gasteiger partial charge < -0.3 is 9.55 Å². The van der Waals surface area contributed by atoms with E-state index in [0.29, 0.717) is 6.04 Å². The fraction of sp³-hybridized carbons (Fsp3) is 0.615. The summed E-state index contributed by atoms with van der Waals surface area (Å²) in [4.78, 5) is 17.0. The molecule has 2 aromatic rings. The number of H-pyrrole nitrogens is 1. The van der Waals surface area contributed by atoms with E-state index in [1.54, 1.807) is 0 Å². The molecule has 1 saturated carbocycles. The van der Waals surface area contributed by atoms with Crippen molar-refractivity contribution in [3.05, 3.63) is 16.5 Å². The van der Waals surface area contributed by atoms with Gasteiger partial charge in [-0.15, -0.1) is 0 Å². The van der Waals surface area contributed by atoms with Gasteiger partial charge in [0.25, 0.3) is 0 Å². The summed E-state index contributed by atoms with van der Waals surface area (Å²) in [5.74, 6) is 0. The average Bonchev–Trinajstić information content (AvgIpc) is 3.01. The Labute approximate surface area is 120 Å². The first-order chi connectivity index (χ1) is 9.28. The molecule has 6 heteroatoms. The fourth-order valence-corrected chi connectivity index (χ4v) is 3.02. The zero-order valence-electron chi connectivity index (χ0n) is 11.1. The molecule has 0 unspecified atom stereocenters. The highest BCUT2D eigenvalue weighted by molar-refractivity contribution is 9.10. The Morgan fingerprint density at radius 2 is 2.26 bits per heavy atom. The predicted octanol–water partition coefficient (Wildman–Crippen LogP) is 2.78. The van der Waals surface area contributed by atoms with Crippen molar-refractivity contribution < 1.29 is 0 Å². The first kappa shape index (κ1) is 12.8. The molecule has 2 aromatic heterocycles. The van der Waals surface area contributed by atoms with Crippen molar-refractivity contribution in [2.75, 3.05) is 0 Å². The summed E-state index contributed by atoms with van der Waals surface area (Å²) in [5.41, 5.74) is 2.67. The Morgan fingerprint density at radius 3 is 3.00 bits per heavy atom. The van der Waals surface area contributed by atoms with Gasteiger partial charge in [0.1, 0.15) is 5.52 Å². The second-order valence-electron chi connectivity index (χ2n) is 5.06. The number of hydrogen-bond donors (Lipinski definition) is 1. The highest BCUT2D eigenvalue weighted by atomic mass is 79.9. The van der Waals surface area contributed by atoms with E-state index in [1.165, 1.54) is 25.7 Å². The SMILES string of the molecule is CCCn1cnc(=NC2CCCC2)c2[nH]c(Br)nc21. The molecule has 1 aliphatic carbocycles. The molecule has 1 N–H and O–H groups in total. The van der Waals surface area contributed by atoms with E-state index < -0.39 is 0 Å². The summed E-state index contributed by atoms with van der Waals surface area (Å²) in [5, 5.41) is 0. The van der Waals surface area contributed by atoms with Gasteiger partial charge in [0, 0.05) is 6.54 Å². The van der Waals surface area contributed by atoms with Crippen LogP contribution in [-0.2, 0) is 6.54 Å². The molecule has 102 valence electrons. The van der Waals surface area contributed by atoms with Crippen molar-refractivity contribution in [3.63, 3.8) is 0 Å². The van der Waals surface area contributed by atoms with Crippen LogP contribution in [0.1, 0.15) is 39.0 Å². The fourth-order valence-electron chi connectivity index (χ4n) is 2.65. The lowest BCUT2D eigenvalue weighted by Gasteiger charge is -2.05. The van der Waals surface area contributed by atoms with Gasteiger partial charge in [0.2, 0.25) is 0 Å². The van der Waals surface area contributed by atoms with Crippen LogP contribution in [0.2, 0.25) is 0 Å². The summed E-state index contributed by atoms with van der Waals surface area (Å²) in [7, 11) is 0. The zero-order chi connectivity index (χ0) is 13.2. The average molecular weight is 324 g/mol. The summed E-state index contributed by atoms with van der Waals surface area (Å²) < 4.78 is 2.81. The maximum atomic E-state index is 4.78. The van der Waals surface area contributed by atoms with E-state index in [9.17, 15) is 0 Å². The monoisotopic (exact) mass is 323 g/mol. The maximum absolute atomic E-state index is 4.78. The second-order valence-corrected chi connectivity index (χ2v) is 5.81. The number of aromatic amines is 1. The van der Waals surface area contributed by atoms with Crippen molar-refractivity contribution in [2.24, 2.45) is 4.99 Å². The number of nitrogens with zero attached hydrogens (tertiary/aromatic N) is 4. The lowest BCUT2D eigenvalue weighted by molar-refractivity contribution is 0.659. The second kappa shape index (κ2) is 5.45. The Bertz CT molecular complexity index is 636. The van der Waals surface area contributed by atoms with Crippen molar-refractivity contribution in [2.45, 2.75) is 51.6 Å². The molecule has 0 aliphatic heterocycles. The topological polar surface area (TPSA) is 58.9 Å². The van der Waals surface area contributed by atoms with Crippen molar-refractivity contribution in [1.29, 1.82) is 0 Å². The largest absolute Gasteiger partial charge is 0.328 e. The quantitative estimate of drug-likeness (QED) is 0.883. The van der Waals surface area contributed by atoms with E-state index in [1.807, 2.05) is 6.33 Å². The van der Waals surface area contributed by atoms with Crippen LogP contribution >= 0.6 is 15.9 Å². The van der Waals surface area contributed by atoms with Gasteiger partial charge in [0.05, 0.1) is 12.4 Å². The van der Waals surface area contributed by atoms with Gasteiger partial charge >= 0.3 is 0 Å². The summed E-state index contributed by atoms with van der Waals surface area (Å²) in [6.07, 6.45) is 7.85. The normalized spacial score (nSPS) is 17.7. The number of aryl methyl sites for hydroxylation is 1.